The lowest BCUT2D eigenvalue weighted by Crippen LogP contribution is -2.22. The van der Waals surface area contributed by atoms with Crippen LogP contribution in [0.1, 0.15) is 64.3 Å². The summed E-state index contributed by atoms with van der Waals surface area (Å²) in [5, 5.41) is 12.7. The van der Waals surface area contributed by atoms with Crippen LogP contribution in [-0.4, -0.2) is 16.1 Å². The van der Waals surface area contributed by atoms with E-state index in [1.807, 2.05) is 0 Å². The summed E-state index contributed by atoms with van der Waals surface area (Å²) in [5.41, 5.74) is 0. The summed E-state index contributed by atoms with van der Waals surface area (Å²) in [6.07, 6.45) is 7.30. The van der Waals surface area contributed by atoms with Gasteiger partial charge in [-0.15, -0.1) is 10.2 Å². The molecule has 0 spiro atoms. The minimum Gasteiger partial charge on any atom is -0.300 e. The van der Waals surface area contributed by atoms with Gasteiger partial charge < -0.3 is 5.32 Å². The Morgan fingerprint density at radius 2 is 1.95 bits per heavy atom. The highest BCUT2D eigenvalue weighted by Gasteiger charge is 2.17. The van der Waals surface area contributed by atoms with Gasteiger partial charge in [-0.2, -0.15) is 0 Å². The van der Waals surface area contributed by atoms with Gasteiger partial charge in [-0.1, -0.05) is 51.4 Å². The van der Waals surface area contributed by atoms with Crippen LogP contribution in [0.25, 0.3) is 0 Å². The van der Waals surface area contributed by atoms with E-state index in [2.05, 4.69) is 36.3 Å². The number of unbranched alkanes of at least 4 members (excludes halogenated alkanes) is 2. The summed E-state index contributed by atoms with van der Waals surface area (Å²) >= 11 is 1.50. The highest BCUT2D eigenvalue weighted by Crippen LogP contribution is 2.20. The smallest absolute Gasteiger partial charge is 0.229 e. The van der Waals surface area contributed by atoms with Crippen LogP contribution in [0.4, 0.5) is 5.13 Å². The molecular formula is C14H25N3OS. The van der Waals surface area contributed by atoms with Crippen molar-refractivity contribution in [2.75, 3.05) is 5.32 Å². The molecule has 1 heterocycles. The summed E-state index contributed by atoms with van der Waals surface area (Å²) in [4.78, 5) is 12.1. The first-order valence-electron chi connectivity index (χ1n) is 7.34. The van der Waals surface area contributed by atoms with Crippen LogP contribution in [0.5, 0.6) is 0 Å². The predicted octanol–water partition coefficient (Wildman–Crippen LogP) is 4.04. The number of carbonyl (C=O) groups excluding carboxylic acids is 1. The van der Waals surface area contributed by atoms with E-state index in [1.54, 1.807) is 0 Å². The largest absolute Gasteiger partial charge is 0.300 e. The number of anilines is 1. The van der Waals surface area contributed by atoms with Gasteiger partial charge in [0.15, 0.2) is 0 Å². The fourth-order valence-electron chi connectivity index (χ4n) is 1.91. The summed E-state index contributed by atoms with van der Waals surface area (Å²) in [6, 6.07) is 0. The van der Waals surface area contributed by atoms with Gasteiger partial charge in [-0.05, 0) is 19.3 Å². The quantitative estimate of drug-likeness (QED) is 0.744. The third-order valence-electron chi connectivity index (χ3n) is 3.21. The van der Waals surface area contributed by atoms with Crippen LogP contribution in [0.3, 0.4) is 0 Å². The Kier molecular flexibility index (Phi) is 7.63. The van der Waals surface area contributed by atoms with Crippen molar-refractivity contribution in [1.82, 2.24) is 10.2 Å². The molecule has 4 nitrogen and oxygen atoms in total. The van der Waals surface area contributed by atoms with Gasteiger partial charge in [0, 0.05) is 12.3 Å². The number of nitrogens with zero attached hydrogens (tertiary/aromatic N) is 2. The molecule has 0 aliphatic rings. The van der Waals surface area contributed by atoms with Gasteiger partial charge in [0.25, 0.3) is 0 Å². The number of aryl methyl sites for hydroxylation is 1. The standard InChI is InChI=1S/C14H25N3OS/c1-4-7-9-11(6-3)13(18)15-14-17-16-12(19-14)10-8-5-2/h11H,4-10H2,1-3H3,(H,15,17,18)/t11-/m0/s1. The molecule has 1 aromatic rings. The SMILES string of the molecule is CCCCc1nnc(NC(=O)[C@@H](CC)CCCC)s1. The Balaban J connectivity index is 2.48. The Hall–Kier alpha value is -0.970. The Bertz CT molecular complexity index is 379. The molecule has 0 unspecified atom stereocenters. The van der Waals surface area contributed by atoms with Crippen molar-refractivity contribution >= 4 is 22.4 Å². The Morgan fingerprint density at radius 1 is 1.21 bits per heavy atom. The van der Waals surface area contributed by atoms with Crippen molar-refractivity contribution < 1.29 is 4.79 Å². The summed E-state index contributed by atoms with van der Waals surface area (Å²) in [7, 11) is 0. The van der Waals surface area contributed by atoms with E-state index in [4.69, 9.17) is 0 Å². The van der Waals surface area contributed by atoms with Gasteiger partial charge in [-0.3, -0.25) is 4.79 Å². The first-order valence-corrected chi connectivity index (χ1v) is 8.16. The van der Waals surface area contributed by atoms with Crippen LogP contribution >= 0.6 is 11.3 Å². The second-order valence-electron chi connectivity index (χ2n) is 4.84. The lowest BCUT2D eigenvalue weighted by Gasteiger charge is -2.12. The molecule has 1 N–H and O–H groups in total. The molecule has 0 saturated carbocycles. The third kappa shape index (κ3) is 5.68. The Labute approximate surface area is 120 Å². The average molecular weight is 283 g/mol. The minimum atomic E-state index is 0.0918. The number of amides is 1. The maximum absolute atomic E-state index is 12.1. The van der Waals surface area contributed by atoms with Gasteiger partial charge in [0.1, 0.15) is 5.01 Å². The molecule has 0 radical (unpaired) electrons. The topological polar surface area (TPSA) is 54.9 Å². The molecule has 0 aliphatic carbocycles. The molecule has 0 bridgehead atoms. The molecule has 0 aromatic carbocycles. The normalized spacial score (nSPS) is 12.4. The molecule has 0 fully saturated rings. The van der Waals surface area contributed by atoms with Crippen LogP contribution in [0.2, 0.25) is 0 Å². The van der Waals surface area contributed by atoms with E-state index >= 15 is 0 Å². The number of hydrogen-bond acceptors (Lipinski definition) is 4. The van der Waals surface area contributed by atoms with E-state index in [1.165, 1.54) is 11.3 Å². The molecule has 5 heteroatoms. The highest BCUT2D eigenvalue weighted by molar-refractivity contribution is 7.15. The van der Waals surface area contributed by atoms with E-state index < -0.39 is 0 Å². The molecule has 1 rings (SSSR count). The molecule has 1 atom stereocenters. The maximum atomic E-state index is 12.1. The monoisotopic (exact) mass is 283 g/mol. The lowest BCUT2D eigenvalue weighted by molar-refractivity contribution is -0.120. The van der Waals surface area contributed by atoms with Crippen LogP contribution in [0, 0.1) is 5.92 Å². The average Bonchev–Trinajstić information content (AvgIpc) is 2.84. The zero-order valence-electron chi connectivity index (χ0n) is 12.2. The molecule has 19 heavy (non-hydrogen) atoms. The maximum Gasteiger partial charge on any atom is 0.229 e. The summed E-state index contributed by atoms with van der Waals surface area (Å²) in [6.45, 7) is 6.37. The number of hydrogen-bond donors (Lipinski definition) is 1. The molecule has 0 aliphatic heterocycles. The second kappa shape index (κ2) is 9.02. The first-order chi connectivity index (χ1) is 9.21. The Morgan fingerprint density at radius 3 is 2.58 bits per heavy atom. The van der Waals surface area contributed by atoms with Crippen molar-refractivity contribution in [2.45, 2.75) is 65.7 Å². The summed E-state index contributed by atoms with van der Waals surface area (Å²) < 4.78 is 0. The van der Waals surface area contributed by atoms with Crippen molar-refractivity contribution in [3.05, 3.63) is 5.01 Å². The van der Waals surface area contributed by atoms with Crippen molar-refractivity contribution in [1.29, 1.82) is 0 Å². The number of aromatic nitrogens is 2. The van der Waals surface area contributed by atoms with Gasteiger partial charge in [0.2, 0.25) is 11.0 Å². The van der Waals surface area contributed by atoms with Crippen molar-refractivity contribution in [3.8, 4) is 0 Å². The van der Waals surface area contributed by atoms with Gasteiger partial charge >= 0.3 is 0 Å². The molecule has 1 aromatic heterocycles. The number of nitrogens with one attached hydrogen (secondary N) is 1. The van der Waals surface area contributed by atoms with Crippen LogP contribution in [0.15, 0.2) is 0 Å². The fraction of sp³-hybridized carbons (Fsp3) is 0.786. The molecule has 0 saturated heterocycles. The molecule has 1 amide bonds. The van der Waals surface area contributed by atoms with Crippen LogP contribution in [-0.2, 0) is 11.2 Å². The van der Waals surface area contributed by atoms with E-state index in [0.29, 0.717) is 5.13 Å². The zero-order valence-corrected chi connectivity index (χ0v) is 13.1. The number of carbonyl (C=O) groups is 1. The minimum absolute atomic E-state index is 0.0918. The molecule has 108 valence electrons. The van der Waals surface area contributed by atoms with Gasteiger partial charge in [0.05, 0.1) is 0 Å². The predicted molar refractivity (Wildman–Crippen MR) is 80.5 cm³/mol. The second-order valence-corrected chi connectivity index (χ2v) is 5.90. The third-order valence-corrected chi connectivity index (χ3v) is 4.11. The van der Waals surface area contributed by atoms with Crippen molar-refractivity contribution in [2.24, 2.45) is 5.92 Å². The van der Waals surface area contributed by atoms with E-state index in [0.717, 1.165) is 50.0 Å². The van der Waals surface area contributed by atoms with E-state index in [9.17, 15) is 4.79 Å². The highest BCUT2D eigenvalue weighted by atomic mass is 32.1. The van der Waals surface area contributed by atoms with Gasteiger partial charge in [-0.25, -0.2) is 0 Å². The zero-order chi connectivity index (χ0) is 14.1. The number of rotatable bonds is 9. The van der Waals surface area contributed by atoms with Crippen LogP contribution < -0.4 is 5.32 Å². The van der Waals surface area contributed by atoms with E-state index in [-0.39, 0.29) is 11.8 Å². The fourth-order valence-corrected chi connectivity index (χ4v) is 2.70. The summed E-state index contributed by atoms with van der Waals surface area (Å²) in [5.74, 6) is 0.192. The molecular weight excluding hydrogens is 258 g/mol. The lowest BCUT2D eigenvalue weighted by atomic mass is 9.99. The first kappa shape index (κ1) is 16.1. The van der Waals surface area contributed by atoms with Crippen molar-refractivity contribution in [3.63, 3.8) is 0 Å².